The number of amides is 1. The van der Waals surface area contributed by atoms with Crippen LogP contribution in [0, 0.1) is 0 Å². The van der Waals surface area contributed by atoms with Gasteiger partial charge in [0.05, 0.1) is 0 Å². The van der Waals surface area contributed by atoms with E-state index in [9.17, 15) is 9.59 Å². The highest BCUT2D eigenvalue weighted by molar-refractivity contribution is 5.74. The Morgan fingerprint density at radius 2 is 2.18 bits per heavy atom. The van der Waals surface area contributed by atoms with Gasteiger partial charge in [0.25, 0.3) is 0 Å². The Morgan fingerprint density at radius 3 is 2.55 bits per heavy atom. The van der Waals surface area contributed by atoms with Crippen LogP contribution in [-0.2, 0) is 9.53 Å². The van der Waals surface area contributed by atoms with Crippen LogP contribution in [0.15, 0.2) is 0 Å². The maximum atomic E-state index is 10.2. The van der Waals surface area contributed by atoms with Crippen molar-refractivity contribution in [2.75, 3.05) is 6.61 Å². The first-order valence-corrected chi connectivity index (χ1v) is 2.69. The van der Waals surface area contributed by atoms with E-state index in [-0.39, 0.29) is 0 Å². The molecular formula is C4H9N3O4. The number of carbonyl (C=O) groups excluding carboxylic acids is 1. The minimum Gasteiger partial charge on any atom is -0.480 e. The van der Waals surface area contributed by atoms with Crippen molar-refractivity contribution in [2.45, 2.75) is 6.04 Å². The second-order valence-electron chi connectivity index (χ2n) is 1.69. The van der Waals surface area contributed by atoms with Crippen LogP contribution in [0.2, 0.25) is 0 Å². The van der Waals surface area contributed by atoms with Gasteiger partial charge in [0, 0.05) is 0 Å². The van der Waals surface area contributed by atoms with Gasteiger partial charge in [-0.1, -0.05) is 0 Å². The van der Waals surface area contributed by atoms with Crippen molar-refractivity contribution in [2.24, 2.45) is 11.6 Å². The number of hydrogen-bond acceptors (Lipinski definition) is 5. The number of hydrogen-bond donors (Lipinski definition) is 4. The lowest BCUT2D eigenvalue weighted by Gasteiger charge is -2.06. The van der Waals surface area contributed by atoms with Gasteiger partial charge >= 0.3 is 12.1 Å². The fourth-order valence-electron chi connectivity index (χ4n) is 0.278. The van der Waals surface area contributed by atoms with Gasteiger partial charge in [0.1, 0.15) is 12.6 Å². The van der Waals surface area contributed by atoms with Crippen LogP contribution in [0.3, 0.4) is 0 Å². The number of aliphatic carboxylic acids is 1. The molecule has 0 rings (SSSR count). The number of rotatable bonds is 3. The summed E-state index contributed by atoms with van der Waals surface area (Å²) in [6.07, 6.45) is -0.915. The number of carboxylic acid groups (broad SMARTS) is 1. The summed E-state index contributed by atoms with van der Waals surface area (Å²) in [5.74, 6) is 3.38. The molecular weight excluding hydrogens is 154 g/mol. The molecule has 0 saturated heterocycles. The quantitative estimate of drug-likeness (QED) is 0.216. The van der Waals surface area contributed by atoms with E-state index in [0.29, 0.717) is 0 Å². The fraction of sp³-hybridized carbons (Fsp3) is 0.500. The van der Waals surface area contributed by atoms with Crippen molar-refractivity contribution >= 4 is 12.1 Å². The van der Waals surface area contributed by atoms with Crippen molar-refractivity contribution in [3.05, 3.63) is 0 Å². The van der Waals surface area contributed by atoms with E-state index in [2.05, 4.69) is 10.6 Å². The van der Waals surface area contributed by atoms with Gasteiger partial charge in [0.15, 0.2) is 0 Å². The first kappa shape index (κ1) is 9.66. The lowest BCUT2D eigenvalue weighted by Crippen LogP contribution is -2.39. The molecule has 0 aromatic carbocycles. The minimum atomic E-state index is -1.24. The highest BCUT2D eigenvalue weighted by Gasteiger charge is 2.13. The van der Waals surface area contributed by atoms with E-state index in [1.165, 1.54) is 0 Å². The molecule has 0 bridgehead atoms. The summed E-state index contributed by atoms with van der Waals surface area (Å²) in [7, 11) is 0. The van der Waals surface area contributed by atoms with Crippen molar-refractivity contribution in [1.29, 1.82) is 0 Å². The molecule has 1 atom stereocenters. The van der Waals surface area contributed by atoms with Crippen LogP contribution in [-0.4, -0.2) is 29.8 Å². The first-order valence-electron chi connectivity index (χ1n) is 2.69. The summed E-state index contributed by atoms with van der Waals surface area (Å²) in [5, 5.41) is 8.20. The van der Waals surface area contributed by atoms with Gasteiger partial charge in [0.2, 0.25) is 0 Å². The fourth-order valence-corrected chi connectivity index (χ4v) is 0.278. The predicted molar refractivity (Wildman–Crippen MR) is 34.3 cm³/mol. The second-order valence-corrected chi connectivity index (χ2v) is 1.69. The van der Waals surface area contributed by atoms with Crippen LogP contribution in [0.25, 0.3) is 0 Å². The average molecular weight is 163 g/mol. The second kappa shape index (κ2) is 4.47. The van der Waals surface area contributed by atoms with Gasteiger partial charge in [-0.25, -0.2) is 10.6 Å². The lowest BCUT2D eigenvalue weighted by atomic mass is 10.3. The van der Waals surface area contributed by atoms with Crippen LogP contribution in [0.1, 0.15) is 0 Å². The minimum absolute atomic E-state index is 0.404. The van der Waals surface area contributed by atoms with Crippen LogP contribution < -0.4 is 17.0 Å². The van der Waals surface area contributed by atoms with E-state index < -0.39 is 24.7 Å². The largest absolute Gasteiger partial charge is 0.480 e. The topological polar surface area (TPSA) is 128 Å². The monoisotopic (exact) mass is 163 g/mol. The maximum absolute atomic E-state index is 10.2. The third-order valence-corrected chi connectivity index (χ3v) is 0.829. The number of carboxylic acids is 1. The number of nitrogens with one attached hydrogen (secondary N) is 1. The van der Waals surface area contributed by atoms with Crippen LogP contribution in [0.5, 0.6) is 0 Å². The molecule has 11 heavy (non-hydrogen) atoms. The Hall–Kier alpha value is -1.34. The molecule has 0 radical (unpaired) electrons. The molecule has 1 amide bonds. The third kappa shape index (κ3) is 4.12. The molecule has 0 unspecified atom stereocenters. The zero-order valence-electron chi connectivity index (χ0n) is 5.61. The summed E-state index contributed by atoms with van der Waals surface area (Å²) in [6, 6.07) is -1.22. The number of hydrazine groups is 1. The highest BCUT2D eigenvalue weighted by Crippen LogP contribution is 1.81. The molecule has 0 aliphatic carbocycles. The highest BCUT2D eigenvalue weighted by atomic mass is 16.6. The van der Waals surface area contributed by atoms with Crippen molar-refractivity contribution in [1.82, 2.24) is 5.43 Å². The molecule has 6 N–H and O–H groups in total. The van der Waals surface area contributed by atoms with E-state index >= 15 is 0 Å². The number of nitrogens with two attached hydrogens (primary N) is 2. The summed E-state index contributed by atoms with van der Waals surface area (Å²) in [4.78, 5) is 20.3. The maximum Gasteiger partial charge on any atom is 0.421 e. The van der Waals surface area contributed by atoms with Crippen molar-refractivity contribution in [3.63, 3.8) is 0 Å². The third-order valence-electron chi connectivity index (χ3n) is 0.829. The SMILES string of the molecule is NNC(=O)OC[C@H](N)C(=O)O. The average Bonchev–Trinajstić information content (AvgIpc) is 1.99. The van der Waals surface area contributed by atoms with Crippen molar-refractivity contribution in [3.8, 4) is 0 Å². The Balaban J connectivity index is 3.54. The van der Waals surface area contributed by atoms with Crippen LogP contribution in [0.4, 0.5) is 4.79 Å². The molecule has 0 heterocycles. The zero-order valence-corrected chi connectivity index (χ0v) is 5.61. The summed E-state index contributed by atoms with van der Waals surface area (Å²) in [6.45, 7) is -0.404. The molecule has 7 heteroatoms. The van der Waals surface area contributed by atoms with Gasteiger partial charge < -0.3 is 15.6 Å². The van der Waals surface area contributed by atoms with E-state index in [1.807, 2.05) is 0 Å². The molecule has 0 aromatic rings. The van der Waals surface area contributed by atoms with Gasteiger partial charge in [-0.15, -0.1) is 0 Å². The molecule has 0 aromatic heterocycles. The lowest BCUT2D eigenvalue weighted by molar-refractivity contribution is -0.139. The Labute approximate surface area is 62.3 Å². The predicted octanol–water partition coefficient (Wildman–Crippen LogP) is -2.00. The van der Waals surface area contributed by atoms with Crippen molar-refractivity contribution < 1.29 is 19.4 Å². The Kier molecular flexibility index (Phi) is 3.93. The molecule has 0 spiro atoms. The first-order chi connectivity index (χ1) is 5.07. The molecule has 64 valence electrons. The molecule has 0 fully saturated rings. The molecule has 0 saturated carbocycles. The van der Waals surface area contributed by atoms with Gasteiger partial charge in [-0.3, -0.25) is 10.2 Å². The number of carbonyl (C=O) groups is 2. The zero-order chi connectivity index (χ0) is 8.85. The van der Waals surface area contributed by atoms with Crippen LogP contribution >= 0.6 is 0 Å². The molecule has 0 aliphatic heterocycles. The Bertz CT molecular complexity index is 159. The standard InChI is InChI=1S/C4H9N3O4/c5-2(3(8)9)1-11-4(10)7-6/h2H,1,5-6H2,(H,7,10)(H,8,9)/t2-/m0/s1. The number of ether oxygens (including phenoxy) is 1. The smallest absolute Gasteiger partial charge is 0.421 e. The summed E-state index contributed by atoms with van der Waals surface area (Å²) >= 11 is 0. The summed E-state index contributed by atoms with van der Waals surface area (Å²) in [5.41, 5.74) is 6.62. The van der Waals surface area contributed by atoms with E-state index in [4.69, 9.17) is 10.8 Å². The Morgan fingerprint density at radius 1 is 1.64 bits per heavy atom. The van der Waals surface area contributed by atoms with E-state index in [0.717, 1.165) is 0 Å². The van der Waals surface area contributed by atoms with Gasteiger partial charge in [-0.05, 0) is 0 Å². The normalized spacial score (nSPS) is 11.8. The molecule has 7 nitrogen and oxygen atoms in total. The van der Waals surface area contributed by atoms with Gasteiger partial charge in [-0.2, -0.15) is 0 Å². The van der Waals surface area contributed by atoms with E-state index in [1.54, 1.807) is 5.43 Å². The molecule has 0 aliphatic rings. The summed E-state index contributed by atoms with van der Waals surface area (Å²) < 4.78 is 4.23.